The molecule has 35 heavy (non-hydrogen) atoms. The number of hydrogen-bond donors (Lipinski definition) is 2. The van der Waals surface area contributed by atoms with Crippen molar-refractivity contribution < 1.29 is 9.53 Å². The van der Waals surface area contributed by atoms with Crippen LogP contribution in [0.2, 0.25) is 0 Å². The summed E-state index contributed by atoms with van der Waals surface area (Å²) in [6.07, 6.45) is 3.56. The van der Waals surface area contributed by atoms with Crippen LogP contribution < -0.4 is 4.74 Å². The number of tetrazole rings is 1. The Bertz CT molecular complexity index is 1480. The van der Waals surface area contributed by atoms with Crippen molar-refractivity contribution in [2.24, 2.45) is 0 Å². The van der Waals surface area contributed by atoms with Gasteiger partial charge in [0.2, 0.25) is 11.7 Å². The van der Waals surface area contributed by atoms with Gasteiger partial charge < -0.3 is 14.6 Å². The monoisotopic (exact) mass is 466 g/mol. The Morgan fingerprint density at radius 2 is 2.03 bits per heavy atom. The highest BCUT2D eigenvalue weighted by molar-refractivity contribution is 5.82. The number of carbonyl (C=O) groups excluding carboxylic acids is 1. The number of aromatic nitrogens is 7. The zero-order chi connectivity index (χ0) is 23.8. The number of imidazole rings is 1. The van der Waals surface area contributed by atoms with E-state index in [0.717, 1.165) is 47.2 Å². The fourth-order valence-corrected chi connectivity index (χ4v) is 4.58. The molecule has 5 aromatic rings. The standard InChI is InChI=1S/C25H22N8O2/c1-15(34)33-12-4-6-22(33)18-13-20-21(28-25(27-20)19-5-2-3-11-26-19)14-23(18)35-17-9-7-16(8-10-17)24-29-31-32-30-24/h2-3,5,7-11,13-14,22H,4,6,12H2,1H3,(H,27,28)(H,29,30,31,32). The molecule has 1 aliphatic heterocycles. The number of likely N-dealkylation sites (tertiary alicyclic amines) is 1. The minimum Gasteiger partial charge on any atom is -0.457 e. The molecule has 0 bridgehead atoms. The van der Waals surface area contributed by atoms with E-state index < -0.39 is 0 Å². The molecule has 0 radical (unpaired) electrons. The Balaban J connectivity index is 1.41. The quantitative estimate of drug-likeness (QED) is 0.396. The first-order valence-electron chi connectivity index (χ1n) is 11.4. The van der Waals surface area contributed by atoms with E-state index in [0.29, 0.717) is 23.1 Å². The normalized spacial score (nSPS) is 15.6. The summed E-state index contributed by atoms with van der Waals surface area (Å²) in [5.74, 6) is 2.58. The van der Waals surface area contributed by atoms with Gasteiger partial charge in [0, 0.05) is 36.9 Å². The van der Waals surface area contributed by atoms with Gasteiger partial charge in [0.1, 0.15) is 17.2 Å². The molecule has 1 amide bonds. The number of hydrogen-bond acceptors (Lipinski definition) is 7. The Kier molecular flexibility index (Phi) is 5.17. The van der Waals surface area contributed by atoms with E-state index in [9.17, 15) is 4.79 Å². The molecular formula is C25H22N8O2. The number of H-pyrrole nitrogens is 2. The van der Waals surface area contributed by atoms with Crippen LogP contribution in [0.15, 0.2) is 60.8 Å². The minimum atomic E-state index is -0.0629. The Labute approximate surface area is 200 Å². The van der Waals surface area contributed by atoms with Gasteiger partial charge in [-0.3, -0.25) is 9.78 Å². The second-order valence-electron chi connectivity index (χ2n) is 8.44. The molecule has 0 saturated carbocycles. The highest BCUT2D eigenvalue weighted by atomic mass is 16.5. The molecular weight excluding hydrogens is 444 g/mol. The Morgan fingerprint density at radius 3 is 2.77 bits per heavy atom. The maximum absolute atomic E-state index is 12.3. The van der Waals surface area contributed by atoms with Gasteiger partial charge >= 0.3 is 0 Å². The lowest BCUT2D eigenvalue weighted by Gasteiger charge is -2.25. The van der Waals surface area contributed by atoms with Crippen molar-refractivity contribution in [1.82, 2.24) is 40.5 Å². The number of fused-ring (bicyclic) bond motifs is 1. The number of carbonyl (C=O) groups is 1. The topological polar surface area (TPSA) is 126 Å². The van der Waals surface area contributed by atoms with Gasteiger partial charge in [0.05, 0.1) is 17.1 Å². The molecule has 174 valence electrons. The summed E-state index contributed by atoms with van der Waals surface area (Å²) in [5, 5.41) is 14.1. The average Bonchev–Trinajstić information content (AvgIpc) is 3.65. The van der Waals surface area contributed by atoms with E-state index in [1.807, 2.05) is 59.5 Å². The van der Waals surface area contributed by atoms with Crippen molar-refractivity contribution in [2.45, 2.75) is 25.8 Å². The second-order valence-corrected chi connectivity index (χ2v) is 8.44. The molecule has 6 rings (SSSR count). The lowest BCUT2D eigenvalue weighted by molar-refractivity contribution is -0.129. The number of aromatic amines is 2. The largest absolute Gasteiger partial charge is 0.457 e. The van der Waals surface area contributed by atoms with Crippen LogP contribution in [-0.4, -0.2) is 52.9 Å². The summed E-state index contributed by atoms with van der Waals surface area (Å²) in [5.41, 5.74) is 4.17. The lowest BCUT2D eigenvalue weighted by Crippen LogP contribution is -2.28. The van der Waals surface area contributed by atoms with Gasteiger partial charge in [-0.2, -0.15) is 5.21 Å². The summed E-state index contributed by atoms with van der Waals surface area (Å²) in [6.45, 7) is 2.35. The van der Waals surface area contributed by atoms with E-state index in [1.165, 1.54) is 0 Å². The highest BCUT2D eigenvalue weighted by Crippen LogP contribution is 2.41. The number of rotatable bonds is 5. The predicted molar refractivity (Wildman–Crippen MR) is 128 cm³/mol. The molecule has 0 aliphatic carbocycles. The van der Waals surface area contributed by atoms with Crippen molar-refractivity contribution in [3.8, 4) is 34.4 Å². The number of ether oxygens (including phenoxy) is 1. The van der Waals surface area contributed by atoms with E-state index in [2.05, 4.69) is 30.6 Å². The third-order valence-electron chi connectivity index (χ3n) is 6.22. The van der Waals surface area contributed by atoms with Gasteiger partial charge in [-0.15, -0.1) is 10.2 Å². The molecule has 1 unspecified atom stereocenters. The first-order valence-corrected chi connectivity index (χ1v) is 11.4. The first kappa shape index (κ1) is 21.0. The minimum absolute atomic E-state index is 0.0572. The molecule has 2 aromatic carbocycles. The van der Waals surface area contributed by atoms with Gasteiger partial charge in [0.25, 0.3) is 0 Å². The molecule has 3 aromatic heterocycles. The Hall–Kier alpha value is -4.60. The van der Waals surface area contributed by atoms with E-state index in [4.69, 9.17) is 9.72 Å². The average molecular weight is 467 g/mol. The van der Waals surface area contributed by atoms with Crippen LogP contribution in [-0.2, 0) is 4.79 Å². The zero-order valence-electron chi connectivity index (χ0n) is 19.0. The molecule has 4 heterocycles. The molecule has 0 spiro atoms. The molecule has 1 saturated heterocycles. The Morgan fingerprint density at radius 1 is 1.14 bits per heavy atom. The van der Waals surface area contributed by atoms with Crippen molar-refractivity contribution >= 4 is 16.9 Å². The zero-order valence-corrected chi connectivity index (χ0v) is 19.0. The number of nitrogens with zero attached hydrogens (tertiary/aromatic N) is 6. The molecule has 1 fully saturated rings. The van der Waals surface area contributed by atoms with Crippen LogP contribution in [0.1, 0.15) is 31.4 Å². The first-order chi connectivity index (χ1) is 17.2. The summed E-state index contributed by atoms with van der Waals surface area (Å²) < 4.78 is 6.37. The maximum atomic E-state index is 12.3. The third-order valence-corrected chi connectivity index (χ3v) is 6.22. The third kappa shape index (κ3) is 3.99. The van der Waals surface area contributed by atoms with Gasteiger partial charge in [0.15, 0.2) is 5.82 Å². The van der Waals surface area contributed by atoms with Crippen LogP contribution in [0.4, 0.5) is 0 Å². The van der Waals surface area contributed by atoms with Crippen LogP contribution in [0.25, 0.3) is 33.9 Å². The molecule has 2 N–H and O–H groups in total. The summed E-state index contributed by atoms with van der Waals surface area (Å²) in [7, 11) is 0. The van der Waals surface area contributed by atoms with Crippen LogP contribution in [0.5, 0.6) is 11.5 Å². The molecule has 1 aliphatic rings. The molecule has 10 nitrogen and oxygen atoms in total. The van der Waals surface area contributed by atoms with Crippen molar-refractivity contribution in [3.05, 3.63) is 66.4 Å². The maximum Gasteiger partial charge on any atom is 0.219 e. The van der Waals surface area contributed by atoms with Crippen molar-refractivity contribution in [1.29, 1.82) is 0 Å². The number of amides is 1. The SMILES string of the molecule is CC(=O)N1CCCC1c1cc2[nH]c(-c3ccccn3)nc2cc1Oc1ccc(-c2nn[nH]n2)cc1. The van der Waals surface area contributed by atoms with E-state index in [1.54, 1.807) is 13.1 Å². The summed E-state index contributed by atoms with van der Waals surface area (Å²) >= 11 is 0. The predicted octanol–water partition coefficient (Wildman–Crippen LogP) is 4.28. The summed E-state index contributed by atoms with van der Waals surface area (Å²) in [6, 6.07) is 17.1. The number of benzene rings is 2. The van der Waals surface area contributed by atoms with Gasteiger partial charge in [-0.05, 0) is 60.5 Å². The second kappa shape index (κ2) is 8.64. The van der Waals surface area contributed by atoms with E-state index in [-0.39, 0.29) is 11.9 Å². The highest BCUT2D eigenvalue weighted by Gasteiger charge is 2.31. The van der Waals surface area contributed by atoms with Gasteiger partial charge in [-0.1, -0.05) is 6.07 Å². The number of nitrogens with one attached hydrogen (secondary N) is 2. The van der Waals surface area contributed by atoms with Crippen molar-refractivity contribution in [2.75, 3.05) is 6.54 Å². The van der Waals surface area contributed by atoms with Crippen LogP contribution in [0, 0.1) is 0 Å². The lowest BCUT2D eigenvalue weighted by atomic mass is 10.0. The fraction of sp³-hybridized carbons (Fsp3) is 0.200. The summed E-state index contributed by atoms with van der Waals surface area (Å²) in [4.78, 5) is 26.8. The molecule has 10 heteroatoms. The van der Waals surface area contributed by atoms with Crippen molar-refractivity contribution in [3.63, 3.8) is 0 Å². The smallest absolute Gasteiger partial charge is 0.219 e. The molecule has 1 atom stereocenters. The van der Waals surface area contributed by atoms with Crippen LogP contribution in [0.3, 0.4) is 0 Å². The van der Waals surface area contributed by atoms with Gasteiger partial charge in [-0.25, -0.2) is 4.98 Å². The fourth-order valence-electron chi connectivity index (χ4n) is 4.58. The van der Waals surface area contributed by atoms with E-state index >= 15 is 0 Å². The number of pyridine rings is 1. The van der Waals surface area contributed by atoms with Crippen LogP contribution >= 0.6 is 0 Å².